The number of hydrogen-bond donors (Lipinski definition) is 2. The van der Waals surface area contributed by atoms with Crippen LogP contribution in [0.5, 0.6) is 0 Å². The Labute approximate surface area is 149 Å². The molecule has 130 valence electrons. The number of benzene rings is 1. The van der Waals surface area contributed by atoms with Gasteiger partial charge in [0, 0.05) is 29.5 Å². The lowest BCUT2D eigenvalue weighted by molar-refractivity contribution is 0.251. The van der Waals surface area contributed by atoms with Crippen molar-refractivity contribution in [2.24, 2.45) is 0 Å². The Kier molecular flexibility index (Phi) is 4.31. The molecule has 6 nitrogen and oxygen atoms in total. The molecule has 3 heterocycles. The molecule has 0 aliphatic carbocycles. The maximum absolute atomic E-state index is 12.1. The minimum Gasteiger partial charge on any atom is -0.461 e. The van der Waals surface area contributed by atoms with Crippen molar-refractivity contribution in [3.63, 3.8) is 0 Å². The second-order valence-corrected chi connectivity index (χ2v) is 7.07. The van der Waals surface area contributed by atoms with Crippen LogP contribution < -0.4 is 15.5 Å². The minimum atomic E-state index is -0.240. The highest BCUT2D eigenvalue weighted by Gasteiger charge is 2.15. The molecule has 0 atom stereocenters. The van der Waals surface area contributed by atoms with E-state index in [1.165, 1.54) is 12.8 Å². The largest absolute Gasteiger partial charge is 0.461 e. The van der Waals surface area contributed by atoms with Gasteiger partial charge in [0.2, 0.25) is 0 Å². The molecule has 1 aromatic carbocycles. The van der Waals surface area contributed by atoms with Gasteiger partial charge in [-0.05, 0) is 44.0 Å². The first-order valence-electron chi connectivity index (χ1n) is 8.42. The zero-order valence-corrected chi connectivity index (χ0v) is 14.9. The van der Waals surface area contributed by atoms with Gasteiger partial charge in [0.05, 0.1) is 12.2 Å². The maximum Gasteiger partial charge on any atom is 0.319 e. The van der Waals surface area contributed by atoms with E-state index in [1.54, 1.807) is 11.3 Å². The van der Waals surface area contributed by atoms with Gasteiger partial charge in [0.25, 0.3) is 0 Å². The van der Waals surface area contributed by atoms with Crippen LogP contribution in [0.1, 0.15) is 24.3 Å². The molecule has 2 N–H and O–H groups in total. The van der Waals surface area contributed by atoms with Crippen molar-refractivity contribution < 1.29 is 9.21 Å². The first kappa shape index (κ1) is 16.0. The van der Waals surface area contributed by atoms with Crippen LogP contribution in [0.15, 0.2) is 34.1 Å². The molecule has 25 heavy (non-hydrogen) atoms. The molecule has 1 saturated heterocycles. The lowest BCUT2D eigenvalue weighted by Gasteiger charge is -2.12. The predicted molar refractivity (Wildman–Crippen MR) is 100 cm³/mol. The second kappa shape index (κ2) is 6.76. The molecule has 3 aromatic rings. The van der Waals surface area contributed by atoms with E-state index in [9.17, 15) is 4.79 Å². The van der Waals surface area contributed by atoms with Gasteiger partial charge in [0.15, 0.2) is 5.13 Å². The topological polar surface area (TPSA) is 70.4 Å². The molecular formula is C18H20N4O2S. The molecule has 0 spiro atoms. The average molecular weight is 356 g/mol. The molecule has 0 saturated carbocycles. The molecule has 4 rings (SSSR count). The third-order valence-electron chi connectivity index (χ3n) is 4.24. The van der Waals surface area contributed by atoms with Crippen LogP contribution in [0.3, 0.4) is 0 Å². The van der Waals surface area contributed by atoms with E-state index in [1.807, 2.05) is 36.6 Å². The van der Waals surface area contributed by atoms with Crippen molar-refractivity contribution in [3.8, 4) is 0 Å². The second-order valence-electron chi connectivity index (χ2n) is 6.23. The summed E-state index contributed by atoms with van der Waals surface area (Å²) >= 11 is 1.64. The van der Waals surface area contributed by atoms with Crippen LogP contribution >= 0.6 is 11.3 Å². The minimum absolute atomic E-state index is 0.240. The fraction of sp³-hybridized carbons (Fsp3) is 0.333. The summed E-state index contributed by atoms with van der Waals surface area (Å²) in [6.07, 6.45) is 2.46. The van der Waals surface area contributed by atoms with Gasteiger partial charge in [-0.3, -0.25) is 0 Å². The SMILES string of the molecule is Cc1cc2cc(NC(=O)NCc3csc(N4CCCC4)n3)ccc2o1. The van der Waals surface area contributed by atoms with Crippen molar-refractivity contribution >= 4 is 39.2 Å². The highest BCUT2D eigenvalue weighted by Crippen LogP contribution is 2.24. The van der Waals surface area contributed by atoms with Crippen LogP contribution in [0.4, 0.5) is 15.6 Å². The van der Waals surface area contributed by atoms with E-state index >= 15 is 0 Å². The standard InChI is InChI=1S/C18H20N4O2S/c1-12-8-13-9-14(4-5-16(13)24-12)20-17(23)19-10-15-11-25-18(21-15)22-6-2-3-7-22/h4-5,8-9,11H,2-3,6-7,10H2,1H3,(H2,19,20,23). The van der Waals surface area contributed by atoms with Crippen LogP contribution in [0.2, 0.25) is 0 Å². The van der Waals surface area contributed by atoms with Gasteiger partial charge in [-0.15, -0.1) is 11.3 Å². The molecule has 7 heteroatoms. The fourth-order valence-electron chi connectivity index (χ4n) is 3.03. The number of urea groups is 1. The van der Waals surface area contributed by atoms with E-state index in [0.29, 0.717) is 6.54 Å². The summed E-state index contributed by atoms with van der Waals surface area (Å²) in [7, 11) is 0. The molecule has 2 amide bonds. The number of carbonyl (C=O) groups is 1. The molecule has 1 aliphatic heterocycles. The third-order valence-corrected chi connectivity index (χ3v) is 5.19. The molecular weight excluding hydrogens is 336 g/mol. The van der Waals surface area contributed by atoms with Crippen molar-refractivity contribution in [1.82, 2.24) is 10.3 Å². The zero-order valence-electron chi connectivity index (χ0n) is 14.0. The maximum atomic E-state index is 12.1. The van der Waals surface area contributed by atoms with Crippen LogP contribution in [-0.4, -0.2) is 24.1 Å². The number of furan rings is 1. The smallest absolute Gasteiger partial charge is 0.319 e. The summed E-state index contributed by atoms with van der Waals surface area (Å²) in [5, 5.41) is 9.74. The first-order valence-corrected chi connectivity index (χ1v) is 9.30. The summed E-state index contributed by atoms with van der Waals surface area (Å²) in [5.74, 6) is 0.856. The molecule has 1 aliphatic rings. The molecule has 2 aromatic heterocycles. The number of anilines is 2. The summed E-state index contributed by atoms with van der Waals surface area (Å²) < 4.78 is 5.54. The van der Waals surface area contributed by atoms with E-state index in [4.69, 9.17) is 4.42 Å². The van der Waals surface area contributed by atoms with Gasteiger partial charge < -0.3 is 20.0 Å². The highest BCUT2D eigenvalue weighted by molar-refractivity contribution is 7.13. The number of carbonyl (C=O) groups excluding carboxylic acids is 1. The molecule has 0 radical (unpaired) electrons. The van der Waals surface area contributed by atoms with E-state index in [0.717, 1.165) is 46.3 Å². The van der Waals surface area contributed by atoms with Crippen molar-refractivity contribution in [1.29, 1.82) is 0 Å². The average Bonchev–Trinajstić information content (AvgIpc) is 3.32. The van der Waals surface area contributed by atoms with Crippen molar-refractivity contribution in [2.75, 3.05) is 23.3 Å². The molecule has 0 unspecified atom stereocenters. The van der Waals surface area contributed by atoms with Gasteiger partial charge >= 0.3 is 6.03 Å². The highest BCUT2D eigenvalue weighted by atomic mass is 32.1. The third kappa shape index (κ3) is 3.61. The number of aryl methyl sites for hydroxylation is 1. The van der Waals surface area contributed by atoms with Crippen LogP contribution in [0, 0.1) is 6.92 Å². The number of amides is 2. The Hall–Kier alpha value is -2.54. The van der Waals surface area contributed by atoms with E-state index < -0.39 is 0 Å². The Morgan fingerprint density at radius 3 is 3.00 bits per heavy atom. The molecule has 1 fully saturated rings. The Bertz CT molecular complexity index is 896. The first-order chi connectivity index (χ1) is 12.2. The van der Waals surface area contributed by atoms with Crippen LogP contribution in [0.25, 0.3) is 11.0 Å². The fourth-order valence-corrected chi connectivity index (χ4v) is 3.91. The monoisotopic (exact) mass is 356 g/mol. The Balaban J connectivity index is 1.33. The summed E-state index contributed by atoms with van der Waals surface area (Å²) in [4.78, 5) is 19.0. The van der Waals surface area contributed by atoms with Gasteiger partial charge in [-0.1, -0.05) is 0 Å². The summed E-state index contributed by atoms with van der Waals surface area (Å²) in [6, 6.07) is 7.31. The van der Waals surface area contributed by atoms with E-state index in [2.05, 4.69) is 20.5 Å². The summed E-state index contributed by atoms with van der Waals surface area (Å²) in [5.41, 5.74) is 2.45. The molecule has 0 bridgehead atoms. The predicted octanol–water partition coefficient (Wildman–Crippen LogP) is 4.12. The zero-order chi connectivity index (χ0) is 17.2. The van der Waals surface area contributed by atoms with Crippen molar-refractivity contribution in [3.05, 3.63) is 41.1 Å². The number of thiazole rings is 1. The number of nitrogens with one attached hydrogen (secondary N) is 2. The lowest BCUT2D eigenvalue weighted by Crippen LogP contribution is -2.28. The quantitative estimate of drug-likeness (QED) is 0.738. The number of hydrogen-bond acceptors (Lipinski definition) is 5. The van der Waals surface area contributed by atoms with E-state index in [-0.39, 0.29) is 6.03 Å². The Morgan fingerprint density at radius 2 is 2.16 bits per heavy atom. The number of aromatic nitrogens is 1. The van der Waals surface area contributed by atoms with Crippen molar-refractivity contribution in [2.45, 2.75) is 26.3 Å². The van der Waals surface area contributed by atoms with Gasteiger partial charge in [-0.2, -0.15) is 0 Å². The Morgan fingerprint density at radius 1 is 1.32 bits per heavy atom. The van der Waals surface area contributed by atoms with Gasteiger partial charge in [-0.25, -0.2) is 9.78 Å². The van der Waals surface area contributed by atoms with Crippen LogP contribution in [-0.2, 0) is 6.54 Å². The summed E-state index contributed by atoms with van der Waals surface area (Å²) in [6.45, 7) is 4.49. The number of nitrogens with zero attached hydrogens (tertiary/aromatic N) is 2. The normalized spacial score (nSPS) is 14.2. The van der Waals surface area contributed by atoms with Gasteiger partial charge in [0.1, 0.15) is 11.3 Å². The lowest BCUT2D eigenvalue weighted by atomic mass is 10.2. The number of rotatable bonds is 4. The number of fused-ring (bicyclic) bond motifs is 1.